The maximum absolute atomic E-state index is 10.8. The number of halogens is 1. The second kappa shape index (κ2) is 2.61. The second-order valence-corrected chi connectivity index (χ2v) is 6.47. The Labute approximate surface area is 60.8 Å². The first kappa shape index (κ1) is 9.48. The van der Waals surface area contributed by atoms with Gasteiger partial charge < -0.3 is 4.52 Å². The number of hydrogen-bond acceptors (Lipinski definition) is 2. The van der Waals surface area contributed by atoms with Gasteiger partial charge in [0.1, 0.15) is 0 Å². The molecule has 0 aliphatic carbocycles. The van der Waals surface area contributed by atoms with Gasteiger partial charge in [-0.25, -0.2) is 0 Å². The van der Waals surface area contributed by atoms with Gasteiger partial charge in [0, 0.05) is 6.66 Å². The van der Waals surface area contributed by atoms with Crippen molar-refractivity contribution < 1.29 is 9.09 Å². The maximum Gasteiger partial charge on any atom is 0.287 e. The molecule has 0 aliphatic heterocycles. The van der Waals surface area contributed by atoms with Gasteiger partial charge in [-0.2, -0.15) is 0 Å². The molecule has 4 heteroatoms. The van der Waals surface area contributed by atoms with Crippen LogP contribution in [-0.4, -0.2) is 12.3 Å². The van der Waals surface area contributed by atoms with Gasteiger partial charge in [-0.15, -0.1) is 0 Å². The Balaban J connectivity index is 3.90. The quantitative estimate of drug-likeness (QED) is 0.566. The lowest BCUT2D eigenvalue weighted by molar-refractivity contribution is 0.142. The minimum absolute atomic E-state index is 0.411. The molecular formula is C5H12ClO2P. The molecule has 0 heterocycles. The first-order valence-electron chi connectivity index (χ1n) is 2.69. The third-order valence-corrected chi connectivity index (χ3v) is 1.52. The fourth-order valence-electron chi connectivity index (χ4n) is 0.489. The van der Waals surface area contributed by atoms with Crippen molar-refractivity contribution in [2.75, 3.05) is 6.66 Å². The van der Waals surface area contributed by atoms with Crippen LogP contribution in [0, 0.1) is 0 Å². The molecule has 0 radical (unpaired) electrons. The number of hydrogen-bond donors (Lipinski definition) is 0. The van der Waals surface area contributed by atoms with Crippen LogP contribution in [0.2, 0.25) is 0 Å². The van der Waals surface area contributed by atoms with Gasteiger partial charge in [0.2, 0.25) is 0 Å². The molecule has 1 atom stereocenters. The highest BCUT2D eigenvalue weighted by Gasteiger charge is 2.20. The molecule has 0 bridgehead atoms. The van der Waals surface area contributed by atoms with Gasteiger partial charge in [0.15, 0.2) is 0 Å². The lowest BCUT2D eigenvalue weighted by Crippen LogP contribution is -2.15. The molecule has 0 saturated heterocycles. The van der Waals surface area contributed by atoms with Crippen molar-refractivity contribution in [1.29, 1.82) is 0 Å². The van der Waals surface area contributed by atoms with Crippen LogP contribution in [0.5, 0.6) is 0 Å². The highest BCUT2D eigenvalue weighted by Crippen LogP contribution is 2.51. The third kappa shape index (κ3) is 8.48. The molecule has 0 spiro atoms. The standard InChI is InChI=1S/C5H12ClO2P/c1-5(2,3)8-9(4,6)7/h1-4H3. The fraction of sp³-hybridized carbons (Fsp3) is 1.00. The Morgan fingerprint density at radius 1 is 1.44 bits per heavy atom. The zero-order valence-electron chi connectivity index (χ0n) is 6.14. The van der Waals surface area contributed by atoms with E-state index in [2.05, 4.69) is 0 Å². The average molecular weight is 171 g/mol. The molecule has 0 saturated carbocycles. The summed E-state index contributed by atoms with van der Waals surface area (Å²) in [6.07, 6.45) is 0. The molecule has 2 nitrogen and oxygen atoms in total. The Kier molecular flexibility index (Phi) is 2.75. The van der Waals surface area contributed by atoms with E-state index in [-0.39, 0.29) is 0 Å². The highest BCUT2D eigenvalue weighted by atomic mass is 35.7. The smallest absolute Gasteiger partial charge is 0.287 e. The molecular weight excluding hydrogens is 158 g/mol. The van der Waals surface area contributed by atoms with Crippen LogP contribution in [0.1, 0.15) is 20.8 Å². The van der Waals surface area contributed by atoms with Crippen LogP contribution in [0.3, 0.4) is 0 Å². The molecule has 0 fully saturated rings. The molecule has 0 aromatic rings. The van der Waals surface area contributed by atoms with Gasteiger partial charge in [-0.1, -0.05) is 0 Å². The van der Waals surface area contributed by atoms with Crippen molar-refractivity contribution in [3.8, 4) is 0 Å². The van der Waals surface area contributed by atoms with E-state index in [0.717, 1.165) is 0 Å². The van der Waals surface area contributed by atoms with E-state index in [4.69, 9.17) is 15.8 Å². The zero-order valence-corrected chi connectivity index (χ0v) is 7.79. The third-order valence-electron chi connectivity index (χ3n) is 0.437. The molecule has 1 unspecified atom stereocenters. The first-order chi connectivity index (χ1) is 3.71. The average Bonchev–Trinajstić information content (AvgIpc) is 1.14. The van der Waals surface area contributed by atoms with E-state index in [1.165, 1.54) is 6.66 Å². The molecule has 0 aliphatic rings. The van der Waals surface area contributed by atoms with E-state index < -0.39 is 12.3 Å². The molecule has 0 rings (SSSR count). The van der Waals surface area contributed by atoms with Crippen molar-refractivity contribution in [2.24, 2.45) is 0 Å². The second-order valence-electron chi connectivity index (χ2n) is 2.95. The van der Waals surface area contributed by atoms with Crippen LogP contribution in [0.25, 0.3) is 0 Å². The summed E-state index contributed by atoms with van der Waals surface area (Å²) in [5.41, 5.74) is -0.411. The van der Waals surface area contributed by atoms with Gasteiger partial charge >= 0.3 is 0 Å². The summed E-state index contributed by atoms with van der Waals surface area (Å²) in [5.74, 6) is 0. The van der Waals surface area contributed by atoms with E-state index in [1.807, 2.05) is 20.8 Å². The summed E-state index contributed by atoms with van der Waals surface area (Å²) in [4.78, 5) is 0. The van der Waals surface area contributed by atoms with Crippen LogP contribution >= 0.6 is 18.0 Å². The molecule has 0 amide bonds. The normalized spacial score (nSPS) is 19.2. The van der Waals surface area contributed by atoms with Crippen LogP contribution in [0.15, 0.2) is 0 Å². The predicted octanol–water partition coefficient (Wildman–Crippen LogP) is 2.86. The fourth-order valence-corrected chi connectivity index (χ4v) is 2.09. The van der Waals surface area contributed by atoms with Crippen LogP contribution < -0.4 is 0 Å². The summed E-state index contributed by atoms with van der Waals surface area (Å²) < 4.78 is 15.7. The molecule has 0 aromatic heterocycles. The lowest BCUT2D eigenvalue weighted by Gasteiger charge is -2.20. The molecule has 0 N–H and O–H groups in total. The first-order valence-corrected chi connectivity index (χ1v) is 5.66. The van der Waals surface area contributed by atoms with Gasteiger partial charge in [-0.3, -0.25) is 4.57 Å². The Hall–Kier alpha value is 0.480. The van der Waals surface area contributed by atoms with Crippen molar-refractivity contribution >= 4 is 18.0 Å². The largest absolute Gasteiger partial charge is 0.312 e. The van der Waals surface area contributed by atoms with Crippen molar-refractivity contribution in [3.05, 3.63) is 0 Å². The topological polar surface area (TPSA) is 26.3 Å². The maximum atomic E-state index is 10.8. The molecule has 56 valence electrons. The Morgan fingerprint density at radius 3 is 1.78 bits per heavy atom. The minimum atomic E-state index is -2.82. The summed E-state index contributed by atoms with van der Waals surface area (Å²) in [6.45, 7) is 4.01. The van der Waals surface area contributed by atoms with Gasteiger partial charge in [0.05, 0.1) is 5.60 Å². The Bertz CT molecular complexity index is 132. The van der Waals surface area contributed by atoms with E-state index in [9.17, 15) is 4.57 Å². The van der Waals surface area contributed by atoms with Crippen molar-refractivity contribution in [1.82, 2.24) is 0 Å². The van der Waals surface area contributed by atoms with Crippen LogP contribution in [0.4, 0.5) is 0 Å². The summed E-state index contributed by atoms with van der Waals surface area (Å²) in [5, 5.41) is 0. The molecule has 0 aromatic carbocycles. The van der Waals surface area contributed by atoms with E-state index in [1.54, 1.807) is 0 Å². The SMILES string of the molecule is CC(C)(C)OP(C)(=O)Cl. The number of rotatable bonds is 1. The zero-order chi connectivity index (χ0) is 7.71. The monoisotopic (exact) mass is 170 g/mol. The van der Waals surface area contributed by atoms with E-state index in [0.29, 0.717) is 0 Å². The van der Waals surface area contributed by atoms with Gasteiger partial charge in [0.25, 0.3) is 6.72 Å². The predicted molar refractivity (Wildman–Crippen MR) is 40.2 cm³/mol. The summed E-state index contributed by atoms with van der Waals surface area (Å²) in [7, 11) is 0. The minimum Gasteiger partial charge on any atom is -0.312 e. The summed E-state index contributed by atoms with van der Waals surface area (Å²) in [6, 6.07) is 0. The molecule has 9 heavy (non-hydrogen) atoms. The van der Waals surface area contributed by atoms with Gasteiger partial charge in [-0.05, 0) is 32.0 Å². The summed E-state index contributed by atoms with van der Waals surface area (Å²) >= 11 is 5.35. The lowest BCUT2D eigenvalue weighted by atomic mass is 10.2. The van der Waals surface area contributed by atoms with Crippen LogP contribution in [-0.2, 0) is 9.09 Å². The van der Waals surface area contributed by atoms with E-state index >= 15 is 0 Å². The van der Waals surface area contributed by atoms with Crippen molar-refractivity contribution in [3.63, 3.8) is 0 Å². The Morgan fingerprint density at radius 2 is 1.78 bits per heavy atom. The highest BCUT2D eigenvalue weighted by molar-refractivity contribution is 7.84. The van der Waals surface area contributed by atoms with Crippen molar-refractivity contribution in [2.45, 2.75) is 26.4 Å².